The predicted molar refractivity (Wildman–Crippen MR) is 169 cm³/mol. The average Bonchev–Trinajstić information content (AvgIpc) is 3.53. The first-order valence-corrected chi connectivity index (χ1v) is 17.0. The van der Waals surface area contributed by atoms with Crippen LogP contribution in [0, 0.1) is 5.92 Å². The number of likely N-dealkylation sites (tertiary alicyclic amines) is 1. The van der Waals surface area contributed by atoms with Gasteiger partial charge in [0.25, 0.3) is 0 Å². The summed E-state index contributed by atoms with van der Waals surface area (Å²) in [6.45, 7) is 2.99. The summed E-state index contributed by atoms with van der Waals surface area (Å²) in [5.74, 6) is -0.811. The molecule has 2 heterocycles. The van der Waals surface area contributed by atoms with Crippen LogP contribution >= 0.6 is 0 Å². The molecule has 228 valence electrons. The van der Waals surface area contributed by atoms with Crippen LogP contribution in [-0.2, 0) is 25.4 Å². The molecule has 0 aromatic heterocycles. The van der Waals surface area contributed by atoms with Gasteiger partial charge in [-0.15, -0.1) is 0 Å². The Labute approximate surface area is 255 Å². The van der Waals surface area contributed by atoms with Crippen molar-refractivity contribution in [1.82, 2.24) is 20.3 Å². The zero-order chi connectivity index (χ0) is 30.1. The van der Waals surface area contributed by atoms with Gasteiger partial charge in [0.05, 0.1) is 5.75 Å². The number of benzene rings is 3. The van der Waals surface area contributed by atoms with E-state index in [1.165, 1.54) is 0 Å². The molecular formula is C34H42N4O4S. The Morgan fingerprint density at radius 1 is 0.837 bits per heavy atom. The lowest BCUT2D eigenvalue weighted by atomic mass is 9.84. The molecular weight excluding hydrogens is 560 g/mol. The topological polar surface area (TPSA) is 108 Å². The molecule has 43 heavy (non-hydrogen) atoms. The van der Waals surface area contributed by atoms with Crippen molar-refractivity contribution in [3.05, 3.63) is 108 Å². The van der Waals surface area contributed by atoms with E-state index in [9.17, 15) is 18.0 Å². The first-order chi connectivity index (χ1) is 20.9. The Balaban J connectivity index is 1.41. The van der Waals surface area contributed by atoms with E-state index in [4.69, 9.17) is 0 Å². The van der Waals surface area contributed by atoms with Crippen molar-refractivity contribution in [1.29, 1.82) is 0 Å². The van der Waals surface area contributed by atoms with E-state index in [1.807, 2.05) is 66.7 Å². The number of nitrogens with zero attached hydrogens (tertiary/aromatic N) is 1. The Hall–Kier alpha value is -3.53. The lowest BCUT2D eigenvalue weighted by Gasteiger charge is -2.33. The molecule has 0 bridgehead atoms. The highest BCUT2D eigenvalue weighted by molar-refractivity contribution is 7.88. The molecule has 2 amide bonds. The zero-order valence-corrected chi connectivity index (χ0v) is 25.3. The van der Waals surface area contributed by atoms with Crippen LogP contribution in [0.25, 0.3) is 0 Å². The molecule has 3 aromatic rings. The van der Waals surface area contributed by atoms with E-state index in [1.54, 1.807) is 29.2 Å². The summed E-state index contributed by atoms with van der Waals surface area (Å²) in [5, 5.41) is 6.45. The van der Waals surface area contributed by atoms with Crippen LogP contribution in [0.15, 0.2) is 91.0 Å². The monoisotopic (exact) mass is 602 g/mol. The zero-order valence-electron chi connectivity index (χ0n) is 24.5. The summed E-state index contributed by atoms with van der Waals surface area (Å²) in [6, 6.07) is 26.2. The van der Waals surface area contributed by atoms with Gasteiger partial charge in [-0.1, -0.05) is 91.0 Å². The highest BCUT2D eigenvalue weighted by atomic mass is 32.2. The molecule has 0 aliphatic carbocycles. The standard InChI is InChI=1S/C34H42N4O4S/c39-33(36-23-20-26-18-21-35-22-19-26)30-17-10-24-38(30)34(40)32(37-43(41,42)25-27-11-4-1-5-12-27)31(28-13-6-2-7-14-28)29-15-8-3-9-16-29/h1-9,11-16,26,30-32,35,37H,10,17-25H2,(H,36,39)/t30?,32-/m1/s1. The summed E-state index contributed by atoms with van der Waals surface area (Å²) in [5.41, 5.74) is 2.26. The van der Waals surface area contributed by atoms with Gasteiger partial charge in [0.2, 0.25) is 21.8 Å². The van der Waals surface area contributed by atoms with Gasteiger partial charge in [-0.05, 0) is 67.8 Å². The summed E-state index contributed by atoms with van der Waals surface area (Å²) >= 11 is 0. The second-order valence-electron chi connectivity index (χ2n) is 11.6. The number of nitrogens with one attached hydrogen (secondary N) is 3. The molecule has 5 rings (SSSR count). The van der Waals surface area contributed by atoms with E-state index in [2.05, 4.69) is 15.4 Å². The van der Waals surface area contributed by atoms with Gasteiger partial charge in [0.15, 0.2) is 0 Å². The number of carbonyl (C=O) groups is 2. The molecule has 8 nitrogen and oxygen atoms in total. The highest BCUT2D eigenvalue weighted by Crippen LogP contribution is 2.32. The van der Waals surface area contributed by atoms with E-state index in [0.717, 1.165) is 43.5 Å². The number of amides is 2. The molecule has 2 aliphatic heterocycles. The Morgan fingerprint density at radius 2 is 1.42 bits per heavy atom. The third-order valence-electron chi connectivity index (χ3n) is 8.57. The molecule has 2 atom stereocenters. The van der Waals surface area contributed by atoms with Crippen LogP contribution < -0.4 is 15.4 Å². The van der Waals surface area contributed by atoms with Crippen molar-refractivity contribution >= 4 is 21.8 Å². The SMILES string of the molecule is O=C(NCCC1CCNCC1)C1CCCN1C(=O)[C@H](NS(=O)(=O)Cc1ccccc1)C(c1ccccc1)c1ccccc1. The Bertz CT molecular complexity index is 1390. The van der Waals surface area contributed by atoms with Crippen molar-refractivity contribution in [2.24, 2.45) is 5.92 Å². The van der Waals surface area contributed by atoms with E-state index in [-0.39, 0.29) is 17.6 Å². The van der Waals surface area contributed by atoms with Crippen LogP contribution in [-0.4, -0.2) is 63.4 Å². The van der Waals surface area contributed by atoms with E-state index >= 15 is 0 Å². The fraction of sp³-hybridized carbons (Fsp3) is 0.412. The fourth-order valence-corrected chi connectivity index (χ4v) is 7.70. The smallest absolute Gasteiger partial charge is 0.242 e. The first-order valence-electron chi connectivity index (χ1n) is 15.3. The molecule has 1 unspecified atom stereocenters. The maximum absolute atomic E-state index is 14.5. The van der Waals surface area contributed by atoms with Crippen molar-refractivity contribution < 1.29 is 18.0 Å². The molecule has 2 fully saturated rings. The maximum Gasteiger partial charge on any atom is 0.242 e. The summed E-state index contributed by atoms with van der Waals surface area (Å²) in [4.78, 5) is 29.5. The molecule has 0 saturated carbocycles. The number of piperidine rings is 1. The second-order valence-corrected chi connectivity index (χ2v) is 13.4. The van der Waals surface area contributed by atoms with Crippen molar-refractivity contribution in [2.75, 3.05) is 26.2 Å². The molecule has 3 N–H and O–H groups in total. The third kappa shape index (κ3) is 8.31. The van der Waals surface area contributed by atoms with Gasteiger partial charge >= 0.3 is 0 Å². The van der Waals surface area contributed by atoms with E-state index in [0.29, 0.717) is 37.4 Å². The van der Waals surface area contributed by atoms with Gasteiger partial charge in [-0.3, -0.25) is 9.59 Å². The number of hydrogen-bond donors (Lipinski definition) is 3. The Morgan fingerprint density at radius 3 is 2.02 bits per heavy atom. The van der Waals surface area contributed by atoms with Gasteiger partial charge in [0.1, 0.15) is 12.1 Å². The average molecular weight is 603 g/mol. The summed E-state index contributed by atoms with van der Waals surface area (Å²) in [7, 11) is -3.94. The molecule has 0 spiro atoms. The van der Waals surface area contributed by atoms with E-state index < -0.39 is 28.0 Å². The number of carbonyl (C=O) groups excluding carboxylic acids is 2. The van der Waals surface area contributed by atoms with Gasteiger partial charge in [-0.25, -0.2) is 13.1 Å². The summed E-state index contributed by atoms with van der Waals surface area (Å²) in [6.07, 6.45) is 4.36. The van der Waals surface area contributed by atoms with Gasteiger partial charge in [0, 0.05) is 19.0 Å². The van der Waals surface area contributed by atoms with Crippen molar-refractivity contribution in [2.45, 2.75) is 55.9 Å². The largest absolute Gasteiger partial charge is 0.354 e. The molecule has 3 aromatic carbocycles. The Kier molecular flexibility index (Phi) is 10.6. The first kappa shape index (κ1) is 30.9. The molecule has 0 radical (unpaired) electrons. The quantitative estimate of drug-likeness (QED) is 0.292. The summed E-state index contributed by atoms with van der Waals surface area (Å²) < 4.78 is 30.1. The third-order valence-corrected chi connectivity index (χ3v) is 9.90. The van der Waals surface area contributed by atoms with Gasteiger partial charge in [-0.2, -0.15) is 0 Å². The fourth-order valence-electron chi connectivity index (χ4n) is 6.36. The van der Waals surface area contributed by atoms with Crippen LogP contribution in [0.5, 0.6) is 0 Å². The van der Waals surface area contributed by atoms with Crippen molar-refractivity contribution in [3.8, 4) is 0 Å². The highest BCUT2D eigenvalue weighted by Gasteiger charge is 2.42. The number of rotatable bonds is 12. The van der Waals surface area contributed by atoms with Gasteiger partial charge < -0.3 is 15.5 Å². The lowest BCUT2D eigenvalue weighted by Crippen LogP contribution is -2.55. The molecule has 2 saturated heterocycles. The van der Waals surface area contributed by atoms with Crippen LogP contribution in [0.1, 0.15) is 54.7 Å². The second kappa shape index (κ2) is 14.8. The minimum absolute atomic E-state index is 0.165. The van der Waals surface area contributed by atoms with Crippen molar-refractivity contribution in [3.63, 3.8) is 0 Å². The minimum atomic E-state index is -3.94. The van der Waals surface area contributed by atoms with Crippen LogP contribution in [0.3, 0.4) is 0 Å². The number of hydrogen-bond acceptors (Lipinski definition) is 5. The normalized spacial score (nSPS) is 18.4. The molecule has 9 heteroatoms. The molecule has 2 aliphatic rings. The minimum Gasteiger partial charge on any atom is -0.354 e. The lowest BCUT2D eigenvalue weighted by molar-refractivity contribution is -0.140. The van der Waals surface area contributed by atoms with Crippen LogP contribution in [0.4, 0.5) is 0 Å². The number of sulfonamides is 1. The predicted octanol–water partition coefficient (Wildman–Crippen LogP) is 3.80. The maximum atomic E-state index is 14.5. The van der Waals surface area contributed by atoms with Crippen LogP contribution in [0.2, 0.25) is 0 Å².